The van der Waals surface area contributed by atoms with Crippen molar-refractivity contribution in [3.05, 3.63) is 0 Å². The summed E-state index contributed by atoms with van der Waals surface area (Å²) in [5.74, 6) is 0. The fraction of sp³-hybridized carbons (Fsp3) is 1.00. The summed E-state index contributed by atoms with van der Waals surface area (Å²) >= 11 is 0. The average molecular weight is 285 g/mol. The van der Waals surface area contributed by atoms with Crippen molar-refractivity contribution in [2.24, 2.45) is 0 Å². The molecule has 0 spiro atoms. The molecule has 6 nitrogen and oxygen atoms in total. The van der Waals surface area contributed by atoms with Crippen molar-refractivity contribution in [1.29, 1.82) is 0 Å². The van der Waals surface area contributed by atoms with Crippen molar-refractivity contribution in [3.63, 3.8) is 0 Å². The van der Waals surface area contributed by atoms with E-state index in [2.05, 4.69) is 0 Å². The van der Waals surface area contributed by atoms with Gasteiger partial charge in [-0.1, -0.05) is 0 Å². The molecule has 0 radical (unpaired) electrons. The van der Waals surface area contributed by atoms with Gasteiger partial charge in [0, 0.05) is 7.05 Å². The lowest BCUT2D eigenvalue weighted by Crippen LogP contribution is -2.28. The average Bonchev–Trinajstić information content (AvgIpc) is 2.16. The molecule has 0 atom stereocenters. The first kappa shape index (κ1) is 17.5. The monoisotopic (exact) mass is 285 g/mol. The molecular formula is C9H25N3O3P2. The molecule has 0 bridgehead atoms. The third kappa shape index (κ3) is 4.92. The maximum atomic E-state index is 12.6. The zero-order valence-corrected chi connectivity index (χ0v) is 13.7. The van der Waals surface area contributed by atoms with Crippen LogP contribution in [0.4, 0.5) is 0 Å². The molecule has 0 saturated heterocycles. The zero-order chi connectivity index (χ0) is 13.6. The third-order valence-corrected chi connectivity index (χ3v) is 6.88. The molecule has 8 heteroatoms. The molecule has 0 fully saturated rings. The van der Waals surface area contributed by atoms with Gasteiger partial charge < -0.3 is 0 Å². The summed E-state index contributed by atoms with van der Waals surface area (Å²) in [7, 11) is 5.51. The molecule has 0 aliphatic carbocycles. The van der Waals surface area contributed by atoms with Gasteiger partial charge >= 0.3 is 7.75 Å². The molecule has 0 aromatic rings. The Hall–Kier alpha value is 0.460. The number of hydrogen-bond acceptors (Lipinski definition) is 5. The van der Waals surface area contributed by atoms with E-state index in [1.807, 2.05) is 51.4 Å². The van der Waals surface area contributed by atoms with E-state index in [0.29, 0.717) is 13.2 Å². The van der Waals surface area contributed by atoms with Crippen LogP contribution in [0.15, 0.2) is 0 Å². The minimum absolute atomic E-state index is 0.367. The van der Waals surface area contributed by atoms with Crippen molar-refractivity contribution in [1.82, 2.24) is 13.8 Å². The molecule has 104 valence electrons. The highest BCUT2D eigenvalue weighted by Gasteiger charge is 2.37. The molecule has 0 aromatic carbocycles. The lowest BCUT2D eigenvalue weighted by molar-refractivity contribution is 0.195. The van der Waals surface area contributed by atoms with Gasteiger partial charge in [-0.3, -0.25) is 18.4 Å². The second-order valence-electron chi connectivity index (χ2n) is 3.76. The lowest BCUT2D eigenvalue weighted by atomic mass is 10.9. The summed E-state index contributed by atoms with van der Waals surface area (Å²) in [5.41, 5.74) is 0. The smallest absolute Gasteiger partial charge is 0.297 e. The van der Waals surface area contributed by atoms with Gasteiger partial charge in [0.05, 0.1) is 13.2 Å². The molecule has 0 amide bonds. The van der Waals surface area contributed by atoms with E-state index in [-0.39, 0.29) is 0 Å². The summed E-state index contributed by atoms with van der Waals surface area (Å²) in [4.78, 5) is 0. The summed E-state index contributed by atoms with van der Waals surface area (Å²) in [6.45, 7) is 4.36. The summed E-state index contributed by atoms with van der Waals surface area (Å²) < 4.78 is 29.0. The van der Waals surface area contributed by atoms with E-state index in [9.17, 15) is 4.57 Å². The maximum absolute atomic E-state index is 12.6. The fourth-order valence-electron chi connectivity index (χ4n) is 1.50. The molecule has 0 aromatic heterocycles. The van der Waals surface area contributed by atoms with Gasteiger partial charge in [-0.25, -0.2) is 4.57 Å². The number of nitrogens with zero attached hydrogens (tertiary/aromatic N) is 3. The van der Waals surface area contributed by atoms with E-state index in [1.165, 1.54) is 0 Å². The first-order valence-corrected chi connectivity index (χ1v) is 8.27. The first-order chi connectivity index (χ1) is 7.80. The minimum atomic E-state index is -3.20. The molecule has 0 N–H and O–H groups in total. The third-order valence-electron chi connectivity index (χ3n) is 1.91. The van der Waals surface area contributed by atoms with Gasteiger partial charge in [0.25, 0.3) is 0 Å². The van der Waals surface area contributed by atoms with Gasteiger partial charge in [0.15, 0.2) is 0 Å². The van der Waals surface area contributed by atoms with Gasteiger partial charge in [0.2, 0.25) is 0 Å². The van der Waals surface area contributed by atoms with E-state index >= 15 is 0 Å². The van der Waals surface area contributed by atoms with Crippen LogP contribution < -0.4 is 0 Å². The highest BCUT2D eigenvalue weighted by atomic mass is 31.2. The Morgan fingerprint density at radius 1 is 0.941 bits per heavy atom. The normalized spacial score (nSPS) is 13.4. The Bertz CT molecular complexity index is 246. The van der Waals surface area contributed by atoms with Gasteiger partial charge in [-0.15, -0.1) is 0 Å². The maximum Gasteiger partial charge on any atom is 0.413 e. The highest BCUT2D eigenvalue weighted by Crippen LogP contribution is 2.63. The van der Waals surface area contributed by atoms with Crippen LogP contribution in [-0.4, -0.2) is 62.2 Å². The van der Waals surface area contributed by atoms with Crippen LogP contribution >= 0.6 is 16.1 Å². The number of hydrogen-bond donors (Lipinski definition) is 0. The van der Waals surface area contributed by atoms with Crippen LogP contribution in [0.5, 0.6) is 0 Å². The topological polar surface area (TPSA) is 45.3 Å². The molecule has 0 heterocycles. The van der Waals surface area contributed by atoms with Crippen molar-refractivity contribution in [2.45, 2.75) is 13.8 Å². The predicted octanol–water partition coefficient (Wildman–Crippen LogP) is 2.45. The van der Waals surface area contributed by atoms with Gasteiger partial charge in [0.1, 0.15) is 8.37 Å². The van der Waals surface area contributed by atoms with E-state index in [1.54, 1.807) is 11.5 Å². The lowest BCUT2D eigenvalue weighted by Gasteiger charge is -2.39. The standard InChI is InChI=1S/C9H25N3O3P2/c1-8-14-17(13,15-9-2)12(7)16(10(3)4)11(5)6/h8-9H2,1-7H3. The Morgan fingerprint density at radius 3 is 1.53 bits per heavy atom. The molecule has 0 rings (SSSR count). The summed E-state index contributed by atoms with van der Waals surface area (Å²) in [5, 5.41) is 0. The molecule has 0 saturated carbocycles. The van der Waals surface area contributed by atoms with Crippen molar-refractivity contribution in [2.75, 3.05) is 48.5 Å². The van der Waals surface area contributed by atoms with Crippen LogP contribution in [0.2, 0.25) is 0 Å². The number of rotatable bonds is 8. The molecule has 0 aliphatic heterocycles. The summed E-state index contributed by atoms with van der Waals surface area (Å²) in [6.07, 6.45) is 0. The minimum Gasteiger partial charge on any atom is -0.297 e. The van der Waals surface area contributed by atoms with Crippen LogP contribution in [-0.2, 0) is 13.6 Å². The Balaban J connectivity index is 5.03. The van der Waals surface area contributed by atoms with E-state index < -0.39 is 16.1 Å². The largest absolute Gasteiger partial charge is 0.413 e. The molecule has 0 unspecified atom stereocenters. The van der Waals surface area contributed by atoms with Gasteiger partial charge in [-0.05, 0) is 42.0 Å². The fourth-order valence-corrected chi connectivity index (χ4v) is 6.37. The molecule has 0 aliphatic rings. The van der Waals surface area contributed by atoms with Crippen LogP contribution in [0, 0.1) is 0 Å². The van der Waals surface area contributed by atoms with Crippen LogP contribution in [0.25, 0.3) is 0 Å². The van der Waals surface area contributed by atoms with Gasteiger partial charge in [-0.2, -0.15) is 4.44 Å². The Morgan fingerprint density at radius 2 is 1.29 bits per heavy atom. The van der Waals surface area contributed by atoms with Crippen LogP contribution in [0.3, 0.4) is 0 Å². The van der Waals surface area contributed by atoms with E-state index in [0.717, 1.165) is 0 Å². The van der Waals surface area contributed by atoms with Crippen LogP contribution in [0.1, 0.15) is 13.8 Å². The predicted molar refractivity (Wildman–Crippen MR) is 72.9 cm³/mol. The SMILES string of the molecule is CCOP(=O)(OCC)N(C)P(N(C)C)N(C)C. The van der Waals surface area contributed by atoms with E-state index in [4.69, 9.17) is 9.05 Å². The second-order valence-corrected chi connectivity index (χ2v) is 8.86. The van der Waals surface area contributed by atoms with Crippen molar-refractivity contribution in [3.8, 4) is 0 Å². The first-order valence-electron chi connectivity index (χ1n) is 5.58. The van der Waals surface area contributed by atoms with Crippen molar-refractivity contribution < 1.29 is 13.6 Å². The Labute approximate surface area is 106 Å². The Kier molecular flexibility index (Phi) is 8.01. The molecule has 17 heavy (non-hydrogen) atoms. The zero-order valence-electron chi connectivity index (χ0n) is 11.9. The molecular weight excluding hydrogens is 260 g/mol. The second kappa shape index (κ2) is 7.80. The summed E-state index contributed by atoms with van der Waals surface area (Å²) in [6, 6.07) is 0. The quantitative estimate of drug-likeness (QED) is 0.638. The van der Waals surface area contributed by atoms with Crippen molar-refractivity contribution >= 4 is 16.1 Å². The highest BCUT2D eigenvalue weighted by molar-refractivity contribution is 7.66.